The lowest BCUT2D eigenvalue weighted by Gasteiger charge is -2.29. The molecular weight excluding hydrogens is 284 g/mol. The van der Waals surface area contributed by atoms with Crippen molar-refractivity contribution in [3.63, 3.8) is 0 Å². The van der Waals surface area contributed by atoms with Crippen LogP contribution in [0.3, 0.4) is 0 Å². The lowest BCUT2D eigenvalue weighted by atomic mass is 10.0. The first-order valence-corrected chi connectivity index (χ1v) is 8.83. The van der Waals surface area contributed by atoms with E-state index in [4.69, 9.17) is 0 Å². The molecule has 0 aromatic carbocycles. The van der Waals surface area contributed by atoms with Crippen LogP contribution in [0, 0.1) is 0 Å². The number of sulfonamides is 1. The summed E-state index contributed by atoms with van der Waals surface area (Å²) in [7, 11) is -3.57. The van der Waals surface area contributed by atoms with Gasteiger partial charge in [-0.1, -0.05) is 13.8 Å². The van der Waals surface area contributed by atoms with Crippen LogP contribution >= 0.6 is 11.8 Å². The van der Waals surface area contributed by atoms with Gasteiger partial charge in [0.05, 0.1) is 4.90 Å². The van der Waals surface area contributed by atoms with Crippen LogP contribution in [0.5, 0.6) is 0 Å². The summed E-state index contributed by atoms with van der Waals surface area (Å²) in [5, 5.41) is 0. The third-order valence-electron chi connectivity index (χ3n) is 3.37. The van der Waals surface area contributed by atoms with Crippen molar-refractivity contribution in [1.29, 1.82) is 0 Å². The Bertz CT molecular complexity index is 534. The molecule has 0 unspecified atom stereocenters. The first kappa shape index (κ1) is 16.3. The van der Waals surface area contributed by atoms with Crippen LogP contribution in [0.15, 0.2) is 28.0 Å². The molecule has 0 aliphatic carbocycles. The number of hydrogen-bond acceptors (Lipinski definition) is 4. The zero-order chi connectivity index (χ0) is 14.5. The highest BCUT2D eigenvalue weighted by molar-refractivity contribution is 8.00. The van der Waals surface area contributed by atoms with Gasteiger partial charge in [0.15, 0.2) is 0 Å². The molecule has 7 heteroatoms. The number of H-pyrrole nitrogens is 1. The molecule has 0 radical (unpaired) electrons. The van der Waals surface area contributed by atoms with E-state index in [1.807, 2.05) is 20.1 Å². The van der Waals surface area contributed by atoms with Crippen molar-refractivity contribution in [1.82, 2.24) is 9.71 Å². The molecule has 1 aromatic rings. The molecule has 0 amide bonds. The summed E-state index contributed by atoms with van der Waals surface area (Å²) in [4.78, 5) is 13.4. The maximum Gasteiger partial charge on any atom is 0.247 e. The summed E-state index contributed by atoms with van der Waals surface area (Å²) in [6.45, 7) is 4.48. The largest absolute Gasteiger partial charge is 0.328 e. The van der Waals surface area contributed by atoms with E-state index < -0.39 is 10.0 Å². The number of nitrogens with one attached hydrogen (secondary N) is 2. The Balaban J connectivity index is 2.86. The van der Waals surface area contributed by atoms with Gasteiger partial charge in [-0.2, -0.15) is 11.8 Å². The van der Waals surface area contributed by atoms with E-state index >= 15 is 0 Å². The molecule has 0 bridgehead atoms. The third kappa shape index (κ3) is 4.09. The van der Waals surface area contributed by atoms with Gasteiger partial charge >= 0.3 is 0 Å². The van der Waals surface area contributed by atoms with Crippen molar-refractivity contribution >= 4 is 21.8 Å². The normalized spacial score (nSPS) is 12.6. The Morgan fingerprint density at radius 2 is 1.95 bits per heavy atom. The van der Waals surface area contributed by atoms with Crippen molar-refractivity contribution in [2.45, 2.75) is 36.3 Å². The standard InChI is InChI=1S/C12H20N2O3S2/c1-4-12(5-2,18-3)9-14-19(16,17)10-6-7-11(15)13-8-10/h6-8,14H,4-5,9H2,1-3H3,(H,13,15). The first-order chi connectivity index (χ1) is 8.89. The minimum absolute atomic E-state index is 0.0781. The molecule has 0 saturated carbocycles. The quantitative estimate of drug-likeness (QED) is 0.801. The van der Waals surface area contributed by atoms with Gasteiger partial charge < -0.3 is 4.98 Å². The molecule has 0 fully saturated rings. The fourth-order valence-electron chi connectivity index (χ4n) is 1.73. The van der Waals surface area contributed by atoms with Gasteiger partial charge in [-0.15, -0.1) is 0 Å². The summed E-state index contributed by atoms with van der Waals surface area (Å²) in [6, 6.07) is 2.51. The van der Waals surface area contributed by atoms with Gasteiger partial charge in [-0.3, -0.25) is 4.79 Å². The number of pyridine rings is 1. The summed E-state index contributed by atoms with van der Waals surface area (Å²) in [5.41, 5.74) is -0.320. The average molecular weight is 304 g/mol. The number of thioether (sulfide) groups is 1. The van der Waals surface area contributed by atoms with Crippen LogP contribution in [0.2, 0.25) is 0 Å². The Morgan fingerprint density at radius 1 is 1.32 bits per heavy atom. The van der Waals surface area contributed by atoms with Gasteiger partial charge in [0.2, 0.25) is 15.6 Å². The van der Waals surface area contributed by atoms with Crippen molar-refractivity contribution in [2.75, 3.05) is 12.8 Å². The van der Waals surface area contributed by atoms with E-state index in [0.717, 1.165) is 12.8 Å². The van der Waals surface area contributed by atoms with Gasteiger partial charge in [-0.05, 0) is 25.2 Å². The molecule has 0 saturated heterocycles. The molecule has 108 valence electrons. The van der Waals surface area contributed by atoms with Crippen LogP contribution in [0.1, 0.15) is 26.7 Å². The van der Waals surface area contributed by atoms with Gasteiger partial charge in [0.25, 0.3) is 0 Å². The second-order valence-corrected chi connectivity index (χ2v) is 7.35. The topological polar surface area (TPSA) is 79.0 Å². The highest BCUT2D eigenvalue weighted by atomic mass is 32.2. The minimum Gasteiger partial charge on any atom is -0.328 e. The van der Waals surface area contributed by atoms with Crippen molar-refractivity contribution < 1.29 is 8.42 Å². The number of aromatic nitrogens is 1. The predicted molar refractivity (Wildman–Crippen MR) is 79.1 cm³/mol. The predicted octanol–water partition coefficient (Wildman–Crippen LogP) is 1.58. The van der Waals surface area contributed by atoms with Crippen molar-refractivity contribution in [3.05, 3.63) is 28.7 Å². The van der Waals surface area contributed by atoms with Crippen LogP contribution in [-0.2, 0) is 10.0 Å². The van der Waals surface area contributed by atoms with E-state index in [2.05, 4.69) is 9.71 Å². The Kier molecular flexibility index (Phi) is 5.64. The summed E-state index contributed by atoms with van der Waals surface area (Å²) in [5.74, 6) is 0. The lowest BCUT2D eigenvalue weighted by molar-refractivity contribution is 0.522. The average Bonchev–Trinajstić information content (AvgIpc) is 2.41. The van der Waals surface area contributed by atoms with E-state index in [0.29, 0.717) is 6.54 Å². The zero-order valence-electron chi connectivity index (χ0n) is 11.4. The highest BCUT2D eigenvalue weighted by Gasteiger charge is 2.27. The van der Waals surface area contributed by atoms with E-state index in [-0.39, 0.29) is 15.2 Å². The van der Waals surface area contributed by atoms with Crippen molar-refractivity contribution in [2.24, 2.45) is 0 Å². The Labute approximate surface area is 118 Å². The fourth-order valence-corrected chi connectivity index (χ4v) is 3.71. The van der Waals surface area contributed by atoms with Crippen LogP contribution in [0.4, 0.5) is 0 Å². The maximum atomic E-state index is 12.1. The monoisotopic (exact) mass is 304 g/mol. The maximum absolute atomic E-state index is 12.1. The fraction of sp³-hybridized carbons (Fsp3) is 0.583. The molecule has 1 aromatic heterocycles. The molecule has 1 heterocycles. The minimum atomic E-state index is -3.57. The van der Waals surface area contributed by atoms with Crippen LogP contribution in [-0.4, -0.2) is 30.9 Å². The van der Waals surface area contributed by atoms with Gasteiger partial charge in [-0.25, -0.2) is 13.1 Å². The molecule has 1 rings (SSSR count). The SMILES string of the molecule is CCC(CC)(CNS(=O)(=O)c1ccc(=O)[nH]c1)SC. The Morgan fingerprint density at radius 3 is 2.37 bits per heavy atom. The molecule has 2 N–H and O–H groups in total. The number of aromatic amines is 1. The molecule has 0 aliphatic heterocycles. The number of rotatable bonds is 7. The van der Waals surface area contributed by atoms with E-state index in [1.165, 1.54) is 18.3 Å². The molecule has 0 spiro atoms. The highest BCUT2D eigenvalue weighted by Crippen LogP contribution is 2.29. The van der Waals surface area contributed by atoms with Gasteiger partial charge in [0, 0.05) is 23.6 Å². The zero-order valence-corrected chi connectivity index (χ0v) is 13.0. The second kappa shape index (κ2) is 6.58. The molecule has 5 nitrogen and oxygen atoms in total. The molecular formula is C12H20N2O3S2. The van der Waals surface area contributed by atoms with Crippen LogP contribution in [0.25, 0.3) is 0 Å². The van der Waals surface area contributed by atoms with Gasteiger partial charge in [0.1, 0.15) is 0 Å². The molecule has 19 heavy (non-hydrogen) atoms. The summed E-state index contributed by atoms with van der Waals surface area (Å²) >= 11 is 1.67. The number of hydrogen-bond donors (Lipinski definition) is 2. The van der Waals surface area contributed by atoms with E-state index in [9.17, 15) is 13.2 Å². The smallest absolute Gasteiger partial charge is 0.247 e. The second-order valence-electron chi connectivity index (χ2n) is 4.31. The molecule has 0 atom stereocenters. The lowest BCUT2D eigenvalue weighted by Crippen LogP contribution is -2.39. The Hall–Kier alpha value is -0.790. The van der Waals surface area contributed by atoms with Crippen molar-refractivity contribution in [3.8, 4) is 0 Å². The van der Waals surface area contributed by atoms with E-state index in [1.54, 1.807) is 11.8 Å². The summed E-state index contributed by atoms with van der Waals surface area (Å²) in [6.07, 6.45) is 4.97. The van der Waals surface area contributed by atoms with Crippen LogP contribution < -0.4 is 10.3 Å². The molecule has 0 aliphatic rings. The third-order valence-corrected chi connectivity index (χ3v) is 6.36. The summed E-state index contributed by atoms with van der Waals surface area (Å²) < 4.78 is 26.7. The first-order valence-electron chi connectivity index (χ1n) is 6.12.